The van der Waals surface area contributed by atoms with E-state index in [2.05, 4.69) is 5.32 Å². The summed E-state index contributed by atoms with van der Waals surface area (Å²) in [7, 11) is 0. The van der Waals surface area contributed by atoms with E-state index in [1.54, 1.807) is 0 Å². The van der Waals surface area contributed by atoms with E-state index in [0.717, 1.165) is 0 Å². The zero-order chi connectivity index (χ0) is 12.6. The summed E-state index contributed by atoms with van der Waals surface area (Å²) in [6, 6.07) is 2.98. The number of nitrogens with two attached hydrogens (primary N) is 1. The van der Waals surface area contributed by atoms with E-state index < -0.39 is 0 Å². The summed E-state index contributed by atoms with van der Waals surface area (Å²) >= 11 is 11.6. The van der Waals surface area contributed by atoms with Crippen molar-refractivity contribution >= 4 is 34.8 Å². The number of carbonyl (C=O) groups is 1. The van der Waals surface area contributed by atoms with Gasteiger partial charge in [-0.05, 0) is 25.0 Å². The van der Waals surface area contributed by atoms with Gasteiger partial charge in [-0.15, -0.1) is 0 Å². The molecule has 1 aliphatic rings. The summed E-state index contributed by atoms with van der Waals surface area (Å²) in [5.74, 6) is -0.257. The molecule has 1 saturated carbocycles. The van der Waals surface area contributed by atoms with E-state index in [-0.39, 0.29) is 33.8 Å². The summed E-state index contributed by atoms with van der Waals surface area (Å²) in [6.07, 6.45) is 0.865. The van der Waals surface area contributed by atoms with Crippen LogP contribution in [0.2, 0.25) is 10.0 Å². The van der Waals surface area contributed by atoms with Gasteiger partial charge in [-0.1, -0.05) is 23.2 Å². The van der Waals surface area contributed by atoms with Gasteiger partial charge in [0.2, 0.25) is 0 Å². The topological polar surface area (TPSA) is 75.4 Å². The Morgan fingerprint density at radius 3 is 2.59 bits per heavy atom. The standard InChI is InChI=1S/C11H12Cl2N2O2/c12-8-1-5(2-9(14)10(8)13)11(17)15-6-3-7(16)4-6/h1-2,6-7,16H,3-4,14H2,(H,15,17). The maximum absolute atomic E-state index is 11.8. The first-order chi connectivity index (χ1) is 7.97. The van der Waals surface area contributed by atoms with Gasteiger partial charge in [0.15, 0.2) is 0 Å². The van der Waals surface area contributed by atoms with Gasteiger partial charge in [-0.2, -0.15) is 0 Å². The molecule has 1 fully saturated rings. The molecule has 4 nitrogen and oxygen atoms in total. The lowest BCUT2D eigenvalue weighted by Gasteiger charge is -2.31. The summed E-state index contributed by atoms with van der Waals surface area (Å²) < 4.78 is 0. The minimum Gasteiger partial charge on any atom is -0.397 e. The molecule has 1 amide bonds. The Bertz CT molecular complexity index is 436. The fraction of sp³-hybridized carbons (Fsp3) is 0.364. The van der Waals surface area contributed by atoms with Gasteiger partial charge < -0.3 is 16.2 Å². The van der Waals surface area contributed by atoms with Crippen molar-refractivity contribution < 1.29 is 9.90 Å². The third kappa shape index (κ3) is 2.65. The average Bonchev–Trinajstić information content (AvgIpc) is 2.23. The third-order valence-electron chi connectivity index (χ3n) is 2.77. The zero-order valence-corrected chi connectivity index (χ0v) is 10.4. The van der Waals surface area contributed by atoms with Crippen LogP contribution >= 0.6 is 23.2 Å². The van der Waals surface area contributed by atoms with Crippen LogP contribution in [0.25, 0.3) is 0 Å². The molecule has 1 aromatic rings. The van der Waals surface area contributed by atoms with Crippen LogP contribution in [0.4, 0.5) is 5.69 Å². The summed E-state index contributed by atoms with van der Waals surface area (Å²) in [4.78, 5) is 11.8. The van der Waals surface area contributed by atoms with E-state index in [9.17, 15) is 4.79 Å². The van der Waals surface area contributed by atoms with Crippen molar-refractivity contribution in [3.05, 3.63) is 27.7 Å². The van der Waals surface area contributed by atoms with Crippen molar-refractivity contribution in [2.75, 3.05) is 5.73 Å². The van der Waals surface area contributed by atoms with Crippen LogP contribution in [0.15, 0.2) is 12.1 Å². The number of anilines is 1. The number of aliphatic hydroxyl groups is 1. The van der Waals surface area contributed by atoms with Gasteiger partial charge in [-0.3, -0.25) is 4.79 Å². The number of nitrogens with one attached hydrogen (secondary N) is 1. The number of amides is 1. The summed E-state index contributed by atoms with van der Waals surface area (Å²) in [5, 5.41) is 12.4. The summed E-state index contributed by atoms with van der Waals surface area (Å²) in [6.45, 7) is 0. The highest BCUT2D eigenvalue weighted by Gasteiger charge is 2.28. The molecule has 0 saturated heterocycles. The monoisotopic (exact) mass is 274 g/mol. The molecule has 0 aromatic heterocycles. The maximum atomic E-state index is 11.8. The van der Waals surface area contributed by atoms with Crippen molar-refractivity contribution in [1.29, 1.82) is 0 Å². The Balaban J connectivity index is 2.09. The second-order valence-corrected chi connectivity index (χ2v) is 4.94. The van der Waals surface area contributed by atoms with E-state index >= 15 is 0 Å². The number of rotatable bonds is 2. The van der Waals surface area contributed by atoms with E-state index in [1.165, 1.54) is 12.1 Å². The highest BCUT2D eigenvalue weighted by molar-refractivity contribution is 6.43. The molecule has 92 valence electrons. The minimum absolute atomic E-state index is 0.0215. The van der Waals surface area contributed by atoms with Crippen LogP contribution in [0.5, 0.6) is 0 Å². The van der Waals surface area contributed by atoms with E-state index in [1.807, 2.05) is 0 Å². The zero-order valence-electron chi connectivity index (χ0n) is 8.91. The molecule has 2 rings (SSSR count). The molecule has 0 unspecified atom stereocenters. The lowest BCUT2D eigenvalue weighted by molar-refractivity contribution is 0.0562. The number of hydrogen-bond acceptors (Lipinski definition) is 3. The third-order valence-corrected chi connectivity index (χ3v) is 3.58. The van der Waals surface area contributed by atoms with Crippen molar-refractivity contribution in [2.45, 2.75) is 25.0 Å². The highest BCUT2D eigenvalue weighted by atomic mass is 35.5. The van der Waals surface area contributed by atoms with Crippen LogP contribution in [0.3, 0.4) is 0 Å². The summed E-state index contributed by atoms with van der Waals surface area (Å²) in [5.41, 5.74) is 6.27. The fourth-order valence-corrected chi connectivity index (χ4v) is 2.05. The van der Waals surface area contributed by atoms with Crippen molar-refractivity contribution in [3.63, 3.8) is 0 Å². The Morgan fingerprint density at radius 2 is 2.06 bits per heavy atom. The van der Waals surface area contributed by atoms with Gasteiger partial charge in [0.1, 0.15) is 0 Å². The van der Waals surface area contributed by atoms with Gasteiger partial charge >= 0.3 is 0 Å². The van der Waals surface area contributed by atoms with E-state index in [4.69, 9.17) is 34.0 Å². The predicted molar refractivity (Wildman–Crippen MR) is 67.4 cm³/mol. The molecule has 1 aliphatic carbocycles. The first-order valence-corrected chi connectivity index (χ1v) is 5.96. The SMILES string of the molecule is Nc1cc(C(=O)NC2CC(O)C2)cc(Cl)c1Cl. The molecule has 1 aromatic carbocycles. The highest BCUT2D eigenvalue weighted by Crippen LogP contribution is 2.29. The predicted octanol–water partition coefficient (Wildman–Crippen LogP) is 1.83. The first-order valence-electron chi connectivity index (χ1n) is 5.21. The second kappa shape index (κ2) is 4.72. The van der Waals surface area contributed by atoms with Gasteiger partial charge in [0.05, 0.1) is 21.8 Å². The molecule has 0 heterocycles. The number of benzene rings is 1. The lowest BCUT2D eigenvalue weighted by Crippen LogP contribution is -2.46. The van der Waals surface area contributed by atoms with E-state index in [0.29, 0.717) is 18.4 Å². The van der Waals surface area contributed by atoms with Crippen LogP contribution < -0.4 is 11.1 Å². The molecule has 4 N–H and O–H groups in total. The van der Waals surface area contributed by atoms with Crippen LogP contribution in [0, 0.1) is 0 Å². The number of halogens is 2. The van der Waals surface area contributed by atoms with Crippen molar-refractivity contribution in [1.82, 2.24) is 5.32 Å². The number of carbonyl (C=O) groups excluding carboxylic acids is 1. The fourth-order valence-electron chi connectivity index (χ4n) is 1.72. The number of aliphatic hydroxyl groups excluding tert-OH is 1. The molecule has 0 atom stereocenters. The Kier molecular flexibility index (Phi) is 3.47. The van der Waals surface area contributed by atoms with Gasteiger partial charge in [0, 0.05) is 11.6 Å². The first kappa shape index (κ1) is 12.5. The Morgan fingerprint density at radius 1 is 1.41 bits per heavy atom. The van der Waals surface area contributed by atoms with Gasteiger partial charge in [0.25, 0.3) is 5.91 Å². The normalized spacial score (nSPS) is 23.0. The van der Waals surface area contributed by atoms with Crippen LogP contribution in [-0.4, -0.2) is 23.2 Å². The quantitative estimate of drug-likeness (QED) is 0.721. The molecule has 0 radical (unpaired) electrons. The van der Waals surface area contributed by atoms with Gasteiger partial charge in [-0.25, -0.2) is 0 Å². The number of hydrogen-bond donors (Lipinski definition) is 3. The second-order valence-electron chi connectivity index (χ2n) is 4.16. The van der Waals surface area contributed by atoms with Crippen LogP contribution in [-0.2, 0) is 0 Å². The molecule has 17 heavy (non-hydrogen) atoms. The maximum Gasteiger partial charge on any atom is 0.251 e. The molecule has 0 spiro atoms. The molecule has 0 bridgehead atoms. The van der Waals surface area contributed by atoms with Crippen LogP contribution in [0.1, 0.15) is 23.2 Å². The van der Waals surface area contributed by atoms with Crippen molar-refractivity contribution in [2.24, 2.45) is 0 Å². The largest absolute Gasteiger partial charge is 0.397 e. The minimum atomic E-state index is -0.306. The average molecular weight is 275 g/mol. The van der Waals surface area contributed by atoms with Crippen molar-refractivity contribution in [3.8, 4) is 0 Å². The molecular formula is C11H12Cl2N2O2. The Hall–Kier alpha value is -0.970. The number of nitrogen functional groups attached to an aromatic ring is 1. The molecule has 0 aliphatic heterocycles. The molecule has 6 heteroatoms. The molecular weight excluding hydrogens is 263 g/mol. The Labute approximate surface area is 109 Å². The smallest absolute Gasteiger partial charge is 0.251 e. The lowest BCUT2D eigenvalue weighted by atomic mass is 9.89.